The minimum Gasteiger partial charge on any atom is -0.348 e. The molecular formula is C19H19N3O4S. The van der Waals surface area contributed by atoms with Gasteiger partial charge in [0.05, 0.1) is 10.5 Å². The highest BCUT2D eigenvalue weighted by Crippen LogP contribution is 2.19. The van der Waals surface area contributed by atoms with Crippen LogP contribution >= 0.6 is 0 Å². The summed E-state index contributed by atoms with van der Waals surface area (Å²) in [4.78, 5) is 27.3. The fraction of sp³-hybridized carbons (Fsp3) is 0.158. The van der Waals surface area contributed by atoms with Gasteiger partial charge in [0.25, 0.3) is 5.91 Å². The van der Waals surface area contributed by atoms with E-state index in [1.165, 1.54) is 26.2 Å². The second-order valence-corrected chi connectivity index (χ2v) is 8.29. The molecule has 3 rings (SSSR count). The summed E-state index contributed by atoms with van der Waals surface area (Å²) in [6.07, 6.45) is 0. The van der Waals surface area contributed by atoms with Gasteiger partial charge in [-0.05, 0) is 17.7 Å². The van der Waals surface area contributed by atoms with E-state index in [-0.39, 0.29) is 22.6 Å². The van der Waals surface area contributed by atoms with E-state index in [9.17, 15) is 18.0 Å². The maximum absolute atomic E-state index is 12.7. The summed E-state index contributed by atoms with van der Waals surface area (Å²) in [5, 5.41) is 3.33. The Labute approximate surface area is 156 Å². The monoisotopic (exact) mass is 385 g/mol. The maximum atomic E-state index is 12.7. The fourth-order valence-corrected chi connectivity index (χ4v) is 3.88. The van der Waals surface area contributed by atoms with Gasteiger partial charge in [-0.15, -0.1) is 0 Å². The number of pyridine rings is 1. The predicted molar refractivity (Wildman–Crippen MR) is 103 cm³/mol. The largest absolute Gasteiger partial charge is 0.348 e. The van der Waals surface area contributed by atoms with Gasteiger partial charge in [0.2, 0.25) is 15.6 Å². The van der Waals surface area contributed by atoms with Gasteiger partial charge in [-0.2, -0.15) is 0 Å². The van der Waals surface area contributed by atoms with Crippen LogP contribution in [-0.2, 0) is 16.6 Å². The fourth-order valence-electron chi connectivity index (χ4n) is 2.76. The van der Waals surface area contributed by atoms with Gasteiger partial charge < -0.3 is 10.3 Å². The third-order valence-corrected chi connectivity index (χ3v) is 6.08. The number of sulfonamides is 1. The molecule has 27 heavy (non-hydrogen) atoms. The number of hydrogen-bond donors (Lipinski definition) is 2. The molecule has 2 aromatic carbocycles. The summed E-state index contributed by atoms with van der Waals surface area (Å²) >= 11 is 0. The number of nitrogens with zero attached hydrogens (tertiary/aromatic N) is 1. The topological polar surface area (TPSA) is 99.3 Å². The molecule has 0 saturated carbocycles. The Morgan fingerprint density at radius 1 is 1.07 bits per heavy atom. The van der Waals surface area contributed by atoms with E-state index >= 15 is 0 Å². The molecule has 0 aliphatic heterocycles. The van der Waals surface area contributed by atoms with Crippen LogP contribution in [0, 0.1) is 0 Å². The quantitative estimate of drug-likeness (QED) is 0.698. The smallest absolute Gasteiger partial charge is 0.252 e. The van der Waals surface area contributed by atoms with Crippen LogP contribution < -0.4 is 10.9 Å². The van der Waals surface area contributed by atoms with Crippen molar-refractivity contribution in [2.75, 3.05) is 14.1 Å². The van der Waals surface area contributed by atoms with Crippen LogP contribution in [0.3, 0.4) is 0 Å². The minimum absolute atomic E-state index is 0.0171. The summed E-state index contributed by atoms with van der Waals surface area (Å²) in [5.74, 6) is -0.450. The van der Waals surface area contributed by atoms with Gasteiger partial charge in [0, 0.05) is 37.6 Å². The molecule has 1 amide bonds. The first-order chi connectivity index (χ1) is 12.8. The van der Waals surface area contributed by atoms with E-state index in [2.05, 4.69) is 10.3 Å². The van der Waals surface area contributed by atoms with E-state index in [0.29, 0.717) is 16.5 Å². The number of aromatic amines is 1. The number of aromatic nitrogens is 1. The van der Waals surface area contributed by atoms with Crippen molar-refractivity contribution in [2.24, 2.45) is 0 Å². The molecule has 2 N–H and O–H groups in total. The first kappa shape index (κ1) is 18.8. The Morgan fingerprint density at radius 3 is 2.48 bits per heavy atom. The average Bonchev–Trinajstić information content (AvgIpc) is 2.65. The molecule has 140 valence electrons. The molecular weight excluding hydrogens is 366 g/mol. The Bertz CT molecular complexity index is 1170. The number of rotatable bonds is 5. The van der Waals surface area contributed by atoms with Gasteiger partial charge >= 0.3 is 0 Å². The summed E-state index contributed by atoms with van der Waals surface area (Å²) in [6, 6.07) is 14.7. The van der Waals surface area contributed by atoms with Crippen molar-refractivity contribution < 1.29 is 13.2 Å². The normalized spacial score (nSPS) is 11.7. The summed E-state index contributed by atoms with van der Waals surface area (Å²) in [6.45, 7) is 0.0171. The molecule has 1 heterocycles. The Morgan fingerprint density at radius 2 is 1.74 bits per heavy atom. The average molecular weight is 385 g/mol. The third kappa shape index (κ3) is 3.76. The highest BCUT2D eigenvalue weighted by molar-refractivity contribution is 7.89. The number of carbonyl (C=O) groups excluding carboxylic acids is 1. The van der Waals surface area contributed by atoms with E-state index in [0.717, 1.165) is 4.31 Å². The first-order valence-electron chi connectivity index (χ1n) is 8.21. The number of benzene rings is 2. The van der Waals surface area contributed by atoms with Crippen LogP contribution in [0.4, 0.5) is 0 Å². The number of hydrogen-bond acceptors (Lipinski definition) is 4. The maximum Gasteiger partial charge on any atom is 0.252 e. The lowest BCUT2D eigenvalue weighted by Gasteiger charge is -2.15. The molecule has 8 heteroatoms. The van der Waals surface area contributed by atoms with Crippen LogP contribution in [0.1, 0.15) is 15.9 Å². The molecule has 7 nitrogen and oxygen atoms in total. The molecule has 0 unspecified atom stereocenters. The summed E-state index contributed by atoms with van der Waals surface area (Å²) in [7, 11) is -0.732. The van der Waals surface area contributed by atoms with Crippen molar-refractivity contribution in [2.45, 2.75) is 11.4 Å². The van der Waals surface area contributed by atoms with Crippen molar-refractivity contribution >= 4 is 26.8 Å². The number of amides is 1. The van der Waals surface area contributed by atoms with Crippen LogP contribution in [0.25, 0.3) is 10.9 Å². The molecule has 1 aromatic heterocycles. The zero-order chi connectivity index (χ0) is 19.6. The summed E-state index contributed by atoms with van der Waals surface area (Å²) < 4.78 is 26.0. The molecule has 0 aliphatic rings. The molecule has 0 bridgehead atoms. The summed E-state index contributed by atoms with van der Waals surface area (Å²) in [5.41, 5.74) is 0.885. The zero-order valence-electron chi connectivity index (χ0n) is 14.9. The second kappa shape index (κ2) is 7.34. The first-order valence-corrected chi connectivity index (χ1v) is 9.65. The molecule has 0 atom stereocenters. The van der Waals surface area contributed by atoms with Crippen molar-refractivity contribution in [3.8, 4) is 0 Å². The highest BCUT2D eigenvalue weighted by Gasteiger charge is 2.21. The van der Waals surface area contributed by atoms with Crippen LogP contribution in [0.5, 0.6) is 0 Å². The van der Waals surface area contributed by atoms with Crippen LogP contribution in [0.15, 0.2) is 64.3 Å². The standard InChI is InChI=1S/C19H19N3O4S/c1-22(2)27(25,26)17-10-6-3-7-13(17)12-20-19(24)15-11-18(23)21-16-9-5-4-8-14(15)16/h3-11H,12H2,1-2H3,(H,20,24)(H,21,23). The van der Waals surface area contributed by atoms with Crippen LogP contribution in [-0.4, -0.2) is 37.7 Å². The number of fused-ring (bicyclic) bond motifs is 1. The minimum atomic E-state index is -3.63. The molecule has 0 spiro atoms. The molecule has 0 aliphatic carbocycles. The van der Waals surface area contributed by atoms with Crippen molar-refractivity contribution in [1.82, 2.24) is 14.6 Å². The highest BCUT2D eigenvalue weighted by atomic mass is 32.2. The van der Waals surface area contributed by atoms with Crippen LogP contribution in [0.2, 0.25) is 0 Å². The Balaban J connectivity index is 1.92. The van der Waals surface area contributed by atoms with Gasteiger partial charge in [-0.1, -0.05) is 36.4 Å². The Hall–Kier alpha value is -2.97. The van der Waals surface area contributed by atoms with Gasteiger partial charge in [-0.25, -0.2) is 12.7 Å². The van der Waals surface area contributed by atoms with Gasteiger partial charge in [-0.3, -0.25) is 9.59 Å². The number of nitrogens with one attached hydrogen (secondary N) is 2. The van der Waals surface area contributed by atoms with Crippen molar-refractivity contribution in [3.63, 3.8) is 0 Å². The van der Waals surface area contributed by atoms with E-state index in [1.54, 1.807) is 42.5 Å². The lowest BCUT2D eigenvalue weighted by molar-refractivity contribution is 0.0952. The molecule has 3 aromatic rings. The second-order valence-electron chi connectivity index (χ2n) is 6.17. The van der Waals surface area contributed by atoms with E-state index in [4.69, 9.17) is 0 Å². The number of carbonyl (C=O) groups is 1. The number of para-hydroxylation sites is 1. The zero-order valence-corrected chi connectivity index (χ0v) is 15.7. The molecule has 0 fully saturated rings. The lowest BCUT2D eigenvalue weighted by Crippen LogP contribution is -2.27. The van der Waals surface area contributed by atoms with Gasteiger partial charge in [0.1, 0.15) is 0 Å². The molecule has 0 saturated heterocycles. The SMILES string of the molecule is CN(C)S(=O)(=O)c1ccccc1CNC(=O)c1cc(=O)[nH]c2ccccc12. The predicted octanol–water partition coefficient (Wildman–Crippen LogP) is 1.71. The third-order valence-electron chi connectivity index (χ3n) is 4.17. The van der Waals surface area contributed by atoms with E-state index in [1.807, 2.05) is 0 Å². The number of H-pyrrole nitrogens is 1. The van der Waals surface area contributed by atoms with Gasteiger partial charge in [0.15, 0.2) is 0 Å². The lowest BCUT2D eigenvalue weighted by atomic mass is 10.1. The van der Waals surface area contributed by atoms with Crippen molar-refractivity contribution in [1.29, 1.82) is 0 Å². The van der Waals surface area contributed by atoms with Crippen molar-refractivity contribution in [3.05, 3.63) is 76.1 Å². The Kier molecular flexibility index (Phi) is 5.11. The molecule has 0 radical (unpaired) electrons. The van der Waals surface area contributed by atoms with E-state index < -0.39 is 15.9 Å².